The van der Waals surface area contributed by atoms with E-state index in [0.29, 0.717) is 35.5 Å². The van der Waals surface area contributed by atoms with Crippen LogP contribution in [-0.2, 0) is 20.7 Å². The SMILES string of the molecule is COC(=O)CCc1c(C(=O)c2ccsc2)oc2cc(OC3CCCCO3)ccc12. The molecule has 7 heteroatoms. The number of hydrogen-bond acceptors (Lipinski definition) is 7. The summed E-state index contributed by atoms with van der Waals surface area (Å²) >= 11 is 1.45. The quantitative estimate of drug-likeness (QED) is 0.411. The molecule has 0 saturated carbocycles. The van der Waals surface area contributed by atoms with Crippen LogP contribution in [0.15, 0.2) is 39.4 Å². The number of carbonyl (C=O) groups excluding carboxylic acids is 2. The molecule has 0 amide bonds. The van der Waals surface area contributed by atoms with Crippen molar-refractivity contribution in [3.8, 4) is 5.75 Å². The van der Waals surface area contributed by atoms with E-state index in [1.54, 1.807) is 17.5 Å². The number of ether oxygens (including phenoxy) is 3. The van der Waals surface area contributed by atoms with Crippen molar-refractivity contribution in [2.75, 3.05) is 13.7 Å². The smallest absolute Gasteiger partial charge is 0.305 e. The second-order valence-electron chi connectivity index (χ2n) is 6.90. The van der Waals surface area contributed by atoms with Gasteiger partial charge < -0.3 is 18.6 Å². The number of fused-ring (bicyclic) bond motifs is 1. The van der Waals surface area contributed by atoms with Crippen molar-refractivity contribution in [2.45, 2.75) is 38.4 Å². The zero-order chi connectivity index (χ0) is 20.2. The molecule has 1 aliphatic heterocycles. The Morgan fingerprint density at radius 1 is 1.24 bits per heavy atom. The highest BCUT2D eigenvalue weighted by molar-refractivity contribution is 7.08. The Balaban J connectivity index is 1.67. The molecule has 3 aromatic rings. The molecule has 1 unspecified atom stereocenters. The Labute approximate surface area is 172 Å². The number of furan rings is 1. The molecule has 1 atom stereocenters. The van der Waals surface area contributed by atoms with Crippen LogP contribution in [0.2, 0.25) is 0 Å². The van der Waals surface area contributed by atoms with Crippen LogP contribution in [0.25, 0.3) is 11.0 Å². The monoisotopic (exact) mass is 414 g/mol. The molecule has 0 N–H and O–H groups in total. The summed E-state index contributed by atoms with van der Waals surface area (Å²) in [4.78, 5) is 24.6. The number of ketones is 1. The molecule has 6 nitrogen and oxygen atoms in total. The maximum atomic E-state index is 13.0. The predicted octanol–water partition coefficient (Wildman–Crippen LogP) is 4.74. The average molecular weight is 414 g/mol. The van der Waals surface area contributed by atoms with E-state index in [1.807, 2.05) is 17.5 Å². The maximum Gasteiger partial charge on any atom is 0.305 e. The Morgan fingerprint density at radius 2 is 2.14 bits per heavy atom. The van der Waals surface area contributed by atoms with Gasteiger partial charge in [-0.1, -0.05) is 0 Å². The lowest BCUT2D eigenvalue weighted by molar-refractivity contribution is -0.140. The van der Waals surface area contributed by atoms with Crippen LogP contribution in [0.5, 0.6) is 5.75 Å². The molecule has 2 aromatic heterocycles. The summed E-state index contributed by atoms with van der Waals surface area (Å²) in [5, 5.41) is 4.43. The first-order valence-electron chi connectivity index (χ1n) is 9.63. The minimum Gasteiger partial charge on any atom is -0.469 e. The standard InChI is InChI=1S/C22H22O6S/c1-25-19(23)8-7-17-16-6-5-15(27-20-4-2-3-10-26-20)12-18(16)28-22(17)21(24)14-9-11-29-13-14/h5-6,9,11-13,20H,2-4,7-8,10H2,1H3. The van der Waals surface area contributed by atoms with Gasteiger partial charge in [-0.15, -0.1) is 0 Å². The second kappa shape index (κ2) is 8.80. The van der Waals surface area contributed by atoms with E-state index in [4.69, 9.17) is 18.6 Å². The zero-order valence-electron chi connectivity index (χ0n) is 16.1. The van der Waals surface area contributed by atoms with Crippen LogP contribution in [0, 0.1) is 0 Å². The third kappa shape index (κ3) is 4.36. The summed E-state index contributed by atoms with van der Waals surface area (Å²) in [5.41, 5.74) is 1.83. The van der Waals surface area contributed by atoms with E-state index in [9.17, 15) is 9.59 Å². The summed E-state index contributed by atoms with van der Waals surface area (Å²) in [6.07, 6.45) is 3.24. The van der Waals surface area contributed by atoms with Crippen molar-refractivity contribution in [1.29, 1.82) is 0 Å². The van der Waals surface area contributed by atoms with Crippen molar-refractivity contribution in [2.24, 2.45) is 0 Å². The number of thiophene rings is 1. The molecule has 4 rings (SSSR count). The molecule has 152 valence electrons. The summed E-state index contributed by atoms with van der Waals surface area (Å²) < 4.78 is 22.3. The van der Waals surface area contributed by atoms with E-state index in [-0.39, 0.29) is 30.2 Å². The minimum absolute atomic E-state index is 0.170. The van der Waals surface area contributed by atoms with E-state index < -0.39 is 0 Å². The molecule has 1 saturated heterocycles. The van der Waals surface area contributed by atoms with E-state index in [0.717, 1.165) is 24.6 Å². The van der Waals surface area contributed by atoms with Gasteiger partial charge in [0.25, 0.3) is 0 Å². The molecule has 1 aliphatic rings. The van der Waals surface area contributed by atoms with Gasteiger partial charge in [0.2, 0.25) is 5.78 Å². The zero-order valence-corrected chi connectivity index (χ0v) is 17.0. The number of esters is 1. The first kappa shape index (κ1) is 19.7. The lowest BCUT2D eigenvalue weighted by Crippen LogP contribution is -2.24. The topological polar surface area (TPSA) is 75.0 Å². The van der Waals surface area contributed by atoms with E-state index in [1.165, 1.54) is 18.4 Å². The Bertz CT molecular complexity index is 998. The highest BCUT2D eigenvalue weighted by Crippen LogP contribution is 2.33. The van der Waals surface area contributed by atoms with Gasteiger partial charge in [-0.25, -0.2) is 0 Å². The molecule has 0 bridgehead atoms. The summed E-state index contributed by atoms with van der Waals surface area (Å²) in [6, 6.07) is 7.25. The molecule has 29 heavy (non-hydrogen) atoms. The third-order valence-electron chi connectivity index (χ3n) is 4.97. The average Bonchev–Trinajstić information content (AvgIpc) is 3.40. The van der Waals surface area contributed by atoms with Gasteiger partial charge in [0.15, 0.2) is 12.1 Å². The number of rotatable bonds is 7. The van der Waals surface area contributed by atoms with Gasteiger partial charge in [-0.3, -0.25) is 9.59 Å². The van der Waals surface area contributed by atoms with Crippen molar-refractivity contribution in [3.05, 3.63) is 51.9 Å². The van der Waals surface area contributed by atoms with Crippen LogP contribution in [-0.4, -0.2) is 31.8 Å². The van der Waals surface area contributed by atoms with Gasteiger partial charge in [0.05, 0.1) is 13.7 Å². The van der Waals surface area contributed by atoms with Crippen LogP contribution < -0.4 is 4.74 Å². The molecule has 0 aliphatic carbocycles. The molecule has 1 fully saturated rings. The van der Waals surface area contributed by atoms with Gasteiger partial charge in [0.1, 0.15) is 11.3 Å². The van der Waals surface area contributed by atoms with Gasteiger partial charge in [-0.05, 0) is 42.8 Å². The Hall–Kier alpha value is -2.64. The largest absolute Gasteiger partial charge is 0.469 e. The fourth-order valence-corrected chi connectivity index (χ4v) is 4.08. The number of carbonyl (C=O) groups is 2. The van der Waals surface area contributed by atoms with Crippen molar-refractivity contribution in [3.63, 3.8) is 0 Å². The molecule has 1 aromatic carbocycles. The first-order chi connectivity index (χ1) is 14.2. The van der Waals surface area contributed by atoms with Crippen molar-refractivity contribution in [1.82, 2.24) is 0 Å². The number of hydrogen-bond donors (Lipinski definition) is 0. The van der Waals surface area contributed by atoms with Crippen LogP contribution in [0.4, 0.5) is 0 Å². The molecular weight excluding hydrogens is 392 g/mol. The molecule has 0 radical (unpaired) electrons. The summed E-state index contributed by atoms with van der Waals surface area (Å²) in [5.74, 6) is 0.364. The summed E-state index contributed by atoms with van der Waals surface area (Å²) in [6.45, 7) is 0.699. The van der Waals surface area contributed by atoms with E-state index >= 15 is 0 Å². The van der Waals surface area contributed by atoms with Crippen LogP contribution in [0.1, 0.15) is 47.4 Å². The highest BCUT2D eigenvalue weighted by atomic mass is 32.1. The van der Waals surface area contributed by atoms with Crippen LogP contribution >= 0.6 is 11.3 Å². The normalized spacial score (nSPS) is 16.7. The lowest BCUT2D eigenvalue weighted by atomic mass is 10.0. The second-order valence-corrected chi connectivity index (χ2v) is 7.68. The van der Waals surface area contributed by atoms with Gasteiger partial charge in [-0.2, -0.15) is 11.3 Å². The van der Waals surface area contributed by atoms with Crippen molar-refractivity contribution >= 4 is 34.1 Å². The molecule has 3 heterocycles. The Morgan fingerprint density at radius 3 is 2.86 bits per heavy atom. The maximum absolute atomic E-state index is 13.0. The van der Waals surface area contributed by atoms with E-state index in [2.05, 4.69) is 0 Å². The molecule has 0 spiro atoms. The third-order valence-corrected chi connectivity index (χ3v) is 5.65. The number of benzene rings is 1. The fourth-order valence-electron chi connectivity index (χ4n) is 3.44. The van der Waals surface area contributed by atoms with Gasteiger partial charge in [0, 0.05) is 40.8 Å². The van der Waals surface area contributed by atoms with Gasteiger partial charge >= 0.3 is 5.97 Å². The predicted molar refractivity (Wildman–Crippen MR) is 109 cm³/mol. The number of methoxy groups -OCH3 is 1. The van der Waals surface area contributed by atoms with Crippen molar-refractivity contribution < 1.29 is 28.2 Å². The lowest BCUT2D eigenvalue weighted by Gasteiger charge is -2.23. The minimum atomic E-state index is -0.331. The first-order valence-corrected chi connectivity index (χ1v) is 10.6. The molecular formula is C22H22O6S. The summed E-state index contributed by atoms with van der Waals surface area (Å²) in [7, 11) is 1.35. The fraction of sp³-hybridized carbons (Fsp3) is 0.364. The van der Waals surface area contributed by atoms with Crippen LogP contribution in [0.3, 0.4) is 0 Å². The Kier molecular flexibility index (Phi) is 5.97. The number of aryl methyl sites for hydroxylation is 1. The highest BCUT2D eigenvalue weighted by Gasteiger charge is 2.24.